The van der Waals surface area contributed by atoms with Crippen LogP contribution in [-0.2, 0) is 4.79 Å². The molecule has 0 spiro atoms. The number of nitro groups is 1. The van der Waals surface area contributed by atoms with Gasteiger partial charge < -0.3 is 15.8 Å². The molecule has 0 heterocycles. The molecule has 0 aliphatic rings. The van der Waals surface area contributed by atoms with Crippen molar-refractivity contribution >= 4 is 11.6 Å². The molecular weight excluding hydrogens is 262 g/mol. The molecule has 0 saturated heterocycles. The number of nitrogens with one attached hydrogen (secondary N) is 1. The first-order valence-corrected chi connectivity index (χ1v) is 6.08. The molecular formula is C13H19N3O4. The van der Waals surface area contributed by atoms with Crippen molar-refractivity contribution in [3.63, 3.8) is 0 Å². The van der Waals surface area contributed by atoms with Crippen LogP contribution in [0.5, 0.6) is 5.75 Å². The van der Waals surface area contributed by atoms with Gasteiger partial charge in [0.05, 0.1) is 4.92 Å². The fourth-order valence-electron chi connectivity index (χ4n) is 1.62. The highest BCUT2D eigenvalue weighted by Gasteiger charge is 2.30. The topological polar surface area (TPSA) is 107 Å². The Labute approximate surface area is 117 Å². The van der Waals surface area contributed by atoms with Gasteiger partial charge in [0, 0.05) is 11.6 Å². The third kappa shape index (κ3) is 3.24. The van der Waals surface area contributed by atoms with Gasteiger partial charge in [-0.05, 0) is 39.4 Å². The quantitative estimate of drug-likeness (QED) is 0.598. The van der Waals surface area contributed by atoms with Crippen molar-refractivity contribution in [3.05, 3.63) is 33.4 Å². The van der Waals surface area contributed by atoms with E-state index in [1.54, 1.807) is 33.9 Å². The van der Waals surface area contributed by atoms with Crippen molar-refractivity contribution in [1.82, 2.24) is 5.32 Å². The largest absolute Gasteiger partial charge is 0.491 e. The monoisotopic (exact) mass is 281 g/mol. The lowest BCUT2D eigenvalue weighted by molar-refractivity contribution is -0.385. The SMILES string of the molecule is CNC(C)(COc1cc(C)c([N+](=O)[O-])cc1C)C(N)=O. The molecule has 0 fully saturated rings. The number of carbonyl (C=O) groups excluding carboxylic acids is 1. The van der Waals surface area contributed by atoms with Crippen LogP contribution in [0.1, 0.15) is 18.1 Å². The summed E-state index contributed by atoms with van der Waals surface area (Å²) in [5.74, 6) is -0.0351. The average molecular weight is 281 g/mol. The maximum absolute atomic E-state index is 11.4. The number of nitro benzene ring substituents is 1. The van der Waals surface area contributed by atoms with Crippen molar-refractivity contribution < 1.29 is 14.5 Å². The summed E-state index contributed by atoms with van der Waals surface area (Å²) >= 11 is 0. The van der Waals surface area contributed by atoms with Crippen LogP contribution in [0.25, 0.3) is 0 Å². The molecule has 0 saturated carbocycles. The predicted molar refractivity (Wildman–Crippen MR) is 74.7 cm³/mol. The summed E-state index contributed by atoms with van der Waals surface area (Å²) < 4.78 is 5.58. The first-order chi connectivity index (χ1) is 9.21. The summed E-state index contributed by atoms with van der Waals surface area (Å²) in [7, 11) is 1.61. The first-order valence-electron chi connectivity index (χ1n) is 6.08. The highest BCUT2D eigenvalue weighted by molar-refractivity contribution is 5.84. The van der Waals surface area contributed by atoms with Gasteiger partial charge in [-0.15, -0.1) is 0 Å². The molecule has 110 valence electrons. The lowest BCUT2D eigenvalue weighted by Gasteiger charge is -2.25. The Bertz CT molecular complexity index is 545. The summed E-state index contributed by atoms with van der Waals surface area (Å²) in [4.78, 5) is 21.8. The fraction of sp³-hybridized carbons (Fsp3) is 0.462. The number of aryl methyl sites for hydroxylation is 2. The van der Waals surface area contributed by atoms with E-state index in [-0.39, 0.29) is 12.3 Å². The van der Waals surface area contributed by atoms with E-state index in [4.69, 9.17) is 10.5 Å². The number of likely N-dealkylation sites (N-methyl/N-ethyl adjacent to an activating group) is 1. The normalized spacial score (nSPS) is 13.6. The number of rotatable bonds is 6. The third-order valence-corrected chi connectivity index (χ3v) is 3.30. The average Bonchev–Trinajstić information content (AvgIpc) is 2.38. The molecule has 3 N–H and O–H groups in total. The Balaban J connectivity index is 2.97. The molecule has 1 aromatic carbocycles. The Morgan fingerprint density at radius 1 is 1.45 bits per heavy atom. The summed E-state index contributed by atoms with van der Waals surface area (Å²) in [6.45, 7) is 5.01. The van der Waals surface area contributed by atoms with E-state index in [1.165, 1.54) is 6.07 Å². The number of nitrogens with zero attached hydrogens (tertiary/aromatic N) is 1. The zero-order valence-electron chi connectivity index (χ0n) is 12.0. The number of nitrogens with two attached hydrogens (primary N) is 1. The molecule has 7 nitrogen and oxygen atoms in total. The summed E-state index contributed by atoms with van der Waals surface area (Å²) in [6.07, 6.45) is 0. The van der Waals surface area contributed by atoms with Gasteiger partial charge in [0.25, 0.3) is 5.69 Å². The third-order valence-electron chi connectivity index (χ3n) is 3.30. The summed E-state index contributed by atoms with van der Waals surface area (Å²) in [6, 6.07) is 3.04. The van der Waals surface area contributed by atoms with Crippen molar-refractivity contribution in [1.29, 1.82) is 0 Å². The molecule has 0 bridgehead atoms. The van der Waals surface area contributed by atoms with Crippen molar-refractivity contribution in [2.45, 2.75) is 26.3 Å². The van der Waals surface area contributed by atoms with Crippen molar-refractivity contribution in [3.8, 4) is 5.75 Å². The molecule has 0 aromatic heterocycles. The lowest BCUT2D eigenvalue weighted by atomic mass is 10.0. The number of amides is 1. The van der Waals surface area contributed by atoms with E-state index in [0.29, 0.717) is 16.9 Å². The van der Waals surface area contributed by atoms with Crippen LogP contribution in [0, 0.1) is 24.0 Å². The summed E-state index contributed by atoms with van der Waals surface area (Å²) in [5, 5.41) is 13.6. The number of carbonyl (C=O) groups is 1. The number of primary amides is 1. The van der Waals surface area contributed by atoms with Gasteiger partial charge >= 0.3 is 0 Å². The maximum atomic E-state index is 11.4. The summed E-state index contributed by atoms with van der Waals surface area (Å²) in [5.41, 5.74) is 5.48. The van der Waals surface area contributed by atoms with E-state index in [2.05, 4.69) is 5.32 Å². The van der Waals surface area contributed by atoms with Gasteiger partial charge in [-0.25, -0.2) is 0 Å². The van der Waals surface area contributed by atoms with Crippen LogP contribution in [0.15, 0.2) is 12.1 Å². The predicted octanol–water partition coefficient (Wildman–Crippen LogP) is 1.05. The zero-order chi connectivity index (χ0) is 15.5. The van der Waals surface area contributed by atoms with Gasteiger partial charge in [-0.3, -0.25) is 14.9 Å². The van der Waals surface area contributed by atoms with Gasteiger partial charge in [-0.1, -0.05) is 0 Å². The molecule has 20 heavy (non-hydrogen) atoms. The standard InChI is InChI=1S/C13H19N3O4/c1-8-6-11(9(2)5-10(8)16(18)19)20-7-13(3,15-4)12(14)17/h5-6,15H,7H2,1-4H3,(H2,14,17). The number of hydrogen-bond donors (Lipinski definition) is 2. The molecule has 0 aliphatic carbocycles. The van der Waals surface area contributed by atoms with Crippen molar-refractivity contribution in [2.24, 2.45) is 5.73 Å². The second-order valence-corrected chi connectivity index (χ2v) is 4.90. The number of benzene rings is 1. The second kappa shape index (κ2) is 5.87. The smallest absolute Gasteiger partial charge is 0.272 e. The van der Waals surface area contributed by atoms with Crippen LogP contribution in [0.2, 0.25) is 0 Å². The molecule has 1 atom stereocenters. The molecule has 0 aliphatic heterocycles. The zero-order valence-corrected chi connectivity index (χ0v) is 12.0. The van der Waals surface area contributed by atoms with Gasteiger partial charge in [0.2, 0.25) is 5.91 Å². The first kappa shape index (κ1) is 15.9. The van der Waals surface area contributed by atoms with Crippen LogP contribution in [0.4, 0.5) is 5.69 Å². The Morgan fingerprint density at radius 2 is 2.05 bits per heavy atom. The minimum Gasteiger partial charge on any atom is -0.491 e. The van der Waals surface area contributed by atoms with E-state index < -0.39 is 16.4 Å². The maximum Gasteiger partial charge on any atom is 0.272 e. The molecule has 1 unspecified atom stereocenters. The molecule has 0 radical (unpaired) electrons. The minimum atomic E-state index is -0.998. The lowest BCUT2D eigenvalue weighted by Crippen LogP contribution is -2.55. The molecule has 1 aromatic rings. The fourth-order valence-corrected chi connectivity index (χ4v) is 1.62. The molecule has 1 amide bonds. The van der Waals surface area contributed by atoms with E-state index in [1.807, 2.05) is 0 Å². The molecule has 7 heteroatoms. The number of hydrogen-bond acceptors (Lipinski definition) is 5. The minimum absolute atomic E-state index is 0.0386. The second-order valence-electron chi connectivity index (χ2n) is 4.90. The van der Waals surface area contributed by atoms with Crippen molar-refractivity contribution in [2.75, 3.05) is 13.7 Å². The van der Waals surface area contributed by atoms with E-state index >= 15 is 0 Å². The van der Waals surface area contributed by atoms with E-state index in [0.717, 1.165) is 0 Å². The molecule has 1 rings (SSSR count). The van der Waals surface area contributed by atoms with E-state index in [9.17, 15) is 14.9 Å². The van der Waals surface area contributed by atoms with Gasteiger partial charge in [-0.2, -0.15) is 0 Å². The Hall–Kier alpha value is -2.15. The van der Waals surface area contributed by atoms with Crippen LogP contribution in [0.3, 0.4) is 0 Å². The number of ether oxygens (including phenoxy) is 1. The Kier molecular flexibility index (Phi) is 4.67. The van der Waals surface area contributed by atoms with Crippen LogP contribution < -0.4 is 15.8 Å². The van der Waals surface area contributed by atoms with Gasteiger partial charge in [0.1, 0.15) is 17.9 Å². The van der Waals surface area contributed by atoms with Crippen LogP contribution >= 0.6 is 0 Å². The van der Waals surface area contributed by atoms with Gasteiger partial charge in [0.15, 0.2) is 0 Å². The van der Waals surface area contributed by atoms with Crippen LogP contribution in [-0.4, -0.2) is 30.0 Å². The highest BCUT2D eigenvalue weighted by atomic mass is 16.6. The Morgan fingerprint density at radius 3 is 2.50 bits per heavy atom. The highest BCUT2D eigenvalue weighted by Crippen LogP contribution is 2.28.